The zero-order chi connectivity index (χ0) is 14.5. The van der Waals surface area contributed by atoms with Crippen molar-refractivity contribution in [1.82, 2.24) is 0 Å². The van der Waals surface area contributed by atoms with Gasteiger partial charge in [0, 0.05) is 0 Å². The lowest BCUT2D eigenvalue weighted by Gasteiger charge is -2.35. The van der Waals surface area contributed by atoms with E-state index in [1.807, 2.05) is 0 Å². The van der Waals surface area contributed by atoms with Gasteiger partial charge in [0.1, 0.15) is 0 Å². The molecule has 0 spiro atoms. The van der Waals surface area contributed by atoms with Crippen molar-refractivity contribution >= 4 is 0 Å². The van der Waals surface area contributed by atoms with E-state index >= 15 is 0 Å². The van der Waals surface area contributed by atoms with Gasteiger partial charge in [-0.15, -0.1) is 0 Å². The molecule has 0 saturated heterocycles. The summed E-state index contributed by atoms with van der Waals surface area (Å²) >= 11 is 0. The molecule has 2 aliphatic carbocycles. The SMILES string of the molecule is N#CC1(Cc2ccc(CCOC3CCCC3)cc2)CCC1. The molecule has 0 aliphatic heterocycles. The molecule has 0 radical (unpaired) electrons. The average molecular weight is 283 g/mol. The molecule has 2 fully saturated rings. The van der Waals surface area contributed by atoms with E-state index in [9.17, 15) is 5.26 Å². The van der Waals surface area contributed by atoms with Crippen molar-refractivity contribution in [2.24, 2.45) is 5.41 Å². The highest BCUT2D eigenvalue weighted by Crippen LogP contribution is 2.42. The van der Waals surface area contributed by atoms with Crippen molar-refractivity contribution < 1.29 is 4.74 Å². The Kier molecular flexibility index (Phi) is 4.60. The lowest BCUT2D eigenvalue weighted by Crippen LogP contribution is -2.29. The highest BCUT2D eigenvalue weighted by Gasteiger charge is 2.36. The first-order chi connectivity index (χ1) is 10.3. The van der Waals surface area contributed by atoms with E-state index in [0.717, 1.165) is 32.3 Å². The number of nitriles is 1. The molecule has 0 amide bonds. The Bertz CT molecular complexity index is 489. The number of rotatable bonds is 6. The average Bonchev–Trinajstić information content (AvgIpc) is 2.98. The summed E-state index contributed by atoms with van der Waals surface area (Å²) in [4.78, 5) is 0. The molecule has 0 N–H and O–H groups in total. The number of ether oxygens (including phenoxy) is 1. The van der Waals surface area contributed by atoms with Gasteiger partial charge in [0.15, 0.2) is 0 Å². The molecule has 0 bridgehead atoms. The summed E-state index contributed by atoms with van der Waals surface area (Å²) in [5.41, 5.74) is 2.58. The Balaban J connectivity index is 1.46. The van der Waals surface area contributed by atoms with Gasteiger partial charge in [0.05, 0.1) is 24.2 Å². The first-order valence-corrected chi connectivity index (χ1v) is 8.40. The minimum Gasteiger partial charge on any atom is -0.378 e. The number of hydrogen-bond acceptors (Lipinski definition) is 2. The Morgan fingerprint density at radius 2 is 1.71 bits per heavy atom. The first kappa shape index (κ1) is 14.6. The van der Waals surface area contributed by atoms with Gasteiger partial charge in [-0.1, -0.05) is 43.5 Å². The highest BCUT2D eigenvalue weighted by atomic mass is 16.5. The Morgan fingerprint density at radius 3 is 2.29 bits per heavy atom. The zero-order valence-corrected chi connectivity index (χ0v) is 12.8. The maximum Gasteiger partial charge on any atom is 0.0693 e. The van der Waals surface area contributed by atoms with Crippen LogP contribution in [0.4, 0.5) is 0 Å². The molecule has 1 aromatic carbocycles. The summed E-state index contributed by atoms with van der Waals surface area (Å²) in [6.45, 7) is 0.839. The Labute approximate surface area is 128 Å². The third kappa shape index (κ3) is 3.66. The molecule has 3 rings (SSSR count). The molecule has 2 heteroatoms. The van der Waals surface area contributed by atoms with Gasteiger partial charge < -0.3 is 4.74 Å². The monoisotopic (exact) mass is 283 g/mol. The summed E-state index contributed by atoms with van der Waals surface area (Å²) in [7, 11) is 0. The van der Waals surface area contributed by atoms with Gasteiger partial charge in [0.2, 0.25) is 0 Å². The molecule has 0 heterocycles. The molecular formula is C19H25NO. The predicted molar refractivity (Wildman–Crippen MR) is 84.0 cm³/mol. The molecule has 0 atom stereocenters. The van der Waals surface area contributed by atoms with Crippen LogP contribution in [0.2, 0.25) is 0 Å². The molecular weight excluding hydrogens is 258 g/mol. The van der Waals surface area contributed by atoms with Crippen LogP contribution in [0.3, 0.4) is 0 Å². The van der Waals surface area contributed by atoms with Crippen LogP contribution in [0.5, 0.6) is 0 Å². The van der Waals surface area contributed by atoms with Gasteiger partial charge in [0.25, 0.3) is 0 Å². The summed E-state index contributed by atoms with van der Waals surface area (Å²) in [5, 5.41) is 9.31. The third-order valence-corrected chi connectivity index (χ3v) is 5.16. The number of benzene rings is 1. The van der Waals surface area contributed by atoms with E-state index in [-0.39, 0.29) is 5.41 Å². The number of nitrogens with zero attached hydrogens (tertiary/aromatic N) is 1. The largest absolute Gasteiger partial charge is 0.378 e. The maximum absolute atomic E-state index is 9.31. The van der Waals surface area contributed by atoms with E-state index in [4.69, 9.17) is 4.74 Å². The van der Waals surface area contributed by atoms with Crippen LogP contribution in [0.15, 0.2) is 24.3 Å². The van der Waals surface area contributed by atoms with Crippen molar-refractivity contribution in [2.75, 3.05) is 6.61 Å². The van der Waals surface area contributed by atoms with Gasteiger partial charge in [-0.25, -0.2) is 0 Å². The van der Waals surface area contributed by atoms with Crippen LogP contribution in [-0.2, 0) is 17.6 Å². The minimum atomic E-state index is -0.0624. The Morgan fingerprint density at radius 1 is 1.05 bits per heavy atom. The number of hydrogen-bond donors (Lipinski definition) is 0. The normalized spacial score (nSPS) is 20.9. The molecule has 1 aromatic rings. The third-order valence-electron chi connectivity index (χ3n) is 5.16. The topological polar surface area (TPSA) is 33.0 Å². The van der Waals surface area contributed by atoms with Crippen LogP contribution in [-0.4, -0.2) is 12.7 Å². The van der Waals surface area contributed by atoms with Gasteiger partial charge >= 0.3 is 0 Å². The van der Waals surface area contributed by atoms with E-state index in [1.54, 1.807) is 0 Å². The molecule has 0 aromatic heterocycles. The van der Waals surface area contributed by atoms with Crippen LogP contribution in [0.1, 0.15) is 56.1 Å². The molecule has 21 heavy (non-hydrogen) atoms. The first-order valence-electron chi connectivity index (χ1n) is 8.40. The molecule has 2 nitrogen and oxygen atoms in total. The van der Waals surface area contributed by atoms with Crippen molar-refractivity contribution in [2.45, 2.75) is 63.9 Å². The summed E-state index contributed by atoms with van der Waals surface area (Å²) in [6.07, 6.45) is 10.9. The lowest BCUT2D eigenvalue weighted by molar-refractivity contribution is 0.0606. The van der Waals surface area contributed by atoms with Gasteiger partial charge in [-0.05, 0) is 49.7 Å². The quantitative estimate of drug-likeness (QED) is 0.774. The van der Waals surface area contributed by atoms with Gasteiger partial charge in [-0.3, -0.25) is 0 Å². The second kappa shape index (κ2) is 6.62. The van der Waals surface area contributed by atoms with Crippen molar-refractivity contribution in [3.8, 4) is 6.07 Å². The maximum atomic E-state index is 9.31. The van der Waals surface area contributed by atoms with Crippen molar-refractivity contribution in [3.05, 3.63) is 35.4 Å². The molecule has 2 aliphatic rings. The Hall–Kier alpha value is -1.33. The van der Waals surface area contributed by atoms with E-state index in [2.05, 4.69) is 30.3 Å². The van der Waals surface area contributed by atoms with E-state index in [0.29, 0.717) is 6.10 Å². The summed E-state index contributed by atoms with van der Waals surface area (Å²) in [6, 6.07) is 11.3. The van der Waals surface area contributed by atoms with Crippen LogP contribution >= 0.6 is 0 Å². The summed E-state index contributed by atoms with van der Waals surface area (Å²) < 4.78 is 5.92. The minimum absolute atomic E-state index is 0.0624. The molecule has 0 unspecified atom stereocenters. The zero-order valence-electron chi connectivity index (χ0n) is 12.8. The summed E-state index contributed by atoms with van der Waals surface area (Å²) in [5.74, 6) is 0. The smallest absolute Gasteiger partial charge is 0.0693 e. The van der Waals surface area contributed by atoms with Crippen molar-refractivity contribution in [1.29, 1.82) is 5.26 Å². The molecule has 112 valence electrons. The molecule has 2 saturated carbocycles. The second-order valence-electron chi connectivity index (χ2n) is 6.77. The second-order valence-corrected chi connectivity index (χ2v) is 6.77. The predicted octanol–water partition coefficient (Wildman–Crippen LogP) is 4.42. The fraction of sp³-hybridized carbons (Fsp3) is 0.632. The fourth-order valence-corrected chi connectivity index (χ4v) is 3.54. The van der Waals surface area contributed by atoms with Crippen molar-refractivity contribution in [3.63, 3.8) is 0 Å². The van der Waals surface area contributed by atoms with E-state index < -0.39 is 0 Å². The van der Waals surface area contributed by atoms with Gasteiger partial charge in [-0.2, -0.15) is 5.26 Å². The van der Waals surface area contributed by atoms with Crippen LogP contribution in [0, 0.1) is 16.7 Å². The van der Waals surface area contributed by atoms with E-state index in [1.165, 1.54) is 43.2 Å². The fourth-order valence-electron chi connectivity index (χ4n) is 3.54. The highest BCUT2D eigenvalue weighted by molar-refractivity contribution is 5.26. The van der Waals surface area contributed by atoms with Crippen LogP contribution < -0.4 is 0 Å². The standard InChI is InChI=1S/C19H25NO/c20-15-19(11-3-12-19)14-17-8-6-16(7-9-17)10-13-21-18-4-1-2-5-18/h6-9,18H,1-5,10-14H2. The van der Waals surface area contributed by atoms with Crippen LogP contribution in [0.25, 0.3) is 0 Å². The lowest BCUT2D eigenvalue weighted by atomic mass is 9.66.